The summed E-state index contributed by atoms with van der Waals surface area (Å²) in [5.41, 5.74) is 0. The lowest BCUT2D eigenvalue weighted by Crippen LogP contribution is -2.35. The van der Waals surface area contributed by atoms with E-state index in [4.69, 9.17) is 0 Å². The first-order valence-electron chi connectivity index (χ1n) is 6.17. The Morgan fingerprint density at radius 1 is 1.48 bits per heavy atom. The highest BCUT2D eigenvalue weighted by Gasteiger charge is 2.24. The molecular weight excluding hydrogens is 308 g/mol. The van der Waals surface area contributed by atoms with Crippen LogP contribution in [-0.4, -0.2) is 50.0 Å². The molecular formula is C11H17F2N3O4S. The number of carbonyl (C=O) groups is 1. The van der Waals surface area contributed by atoms with Crippen LogP contribution in [0.25, 0.3) is 0 Å². The van der Waals surface area contributed by atoms with Crippen LogP contribution in [0.1, 0.15) is 18.9 Å². The lowest BCUT2D eigenvalue weighted by atomic mass is 10.3. The van der Waals surface area contributed by atoms with Crippen LogP contribution in [0.15, 0.2) is 18.5 Å². The summed E-state index contributed by atoms with van der Waals surface area (Å²) in [6.45, 7) is -0.472. The second-order valence-electron chi connectivity index (χ2n) is 4.23. The number of carbonyl (C=O) groups excluding carboxylic acids is 1. The quantitative estimate of drug-likeness (QED) is 0.670. The Bertz CT molecular complexity index is 534. The van der Waals surface area contributed by atoms with E-state index in [0.29, 0.717) is 0 Å². The van der Waals surface area contributed by atoms with Crippen LogP contribution in [0.2, 0.25) is 0 Å². The van der Waals surface area contributed by atoms with E-state index in [0.717, 1.165) is 4.68 Å². The Hall–Kier alpha value is -1.55. The maximum atomic E-state index is 12.9. The Morgan fingerprint density at radius 2 is 2.19 bits per heavy atom. The van der Waals surface area contributed by atoms with Crippen molar-refractivity contribution in [1.82, 2.24) is 14.5 Å². The smallest absolute Gasteiger partial charge is 0.305 e. The van der Waals surface area contributed by atoms with Gasteiger partial charge in [0.2, 0.25) is 10.0 Å². The Kier molecular flexibility index (Phi) is 6.69. The predicted octanol–water partition coefficient (Wildman–Crippen LogP) is 0.562. The molecule has 1 aromatic heterocycles. The molecule has 0 aliphatic carbocycles. The molecule has 0 aromatic carbocycles. The van der Waals surface area contributed by atoms with E-state index in [9.17, 15) is 22.0 Å². The number of aromatic nitrogens is 2. The minimum atomic E-state index is -3.74. The summed E-state index contributed by atoms with van der Waals surface area (Å²) < 4.78 is 56.6. The summed E-state index contributed by atoms with van der Waals surface area (Å²) in [7, 11) is -2.54. The highest BCUT2D eigenvalue weighted by Crippen LogP contribution is 2.14. The average molecular weight is 325 g/mol. The van der Waals surface area contributed by atoms with E-state index in [2.05, 4.69) is 14.6 Å². The van der Waals surface area contributed by atoms with Gasteiger partial charge >= 0.3 is 5.97 Å². The molecule has 1 rings (SSSR count). The Balaban J connectivity index is 2.49. The van der Waals surface area contributed by atoms with Gasteiger partial charge in [0.1, 0.15) is 6.04 Å². The van der Waals surface area contributed by atoms with Crippen molar-refractivity contribution in [2.45, 2.75) is 25.3 Å². The first-order chi connectivity index (χ1) is 9.85. The predicted molar refractivity (Wildman–Crippen MR) is 70.3 cm³/mol. The largest absolute Gasteiger partial charge is 0.469 e. The first kappa shape index (κ1) is 17.5. The molecule has 7 nitrogen and oxygen atoms in total. The van der Waals surface area contributed by atoms with Gasteiger partial charge in [0.25, 0.3) is 6.43 Å². The third-order valence-corrected chi connectivity index (χ3v) is 4.12. The first-order valence-corrected chi connectivity index (χ1v) is 7.82. The molecule has 21 heavy (non-hydrogen) atoms. The summed E-state index contributed by atoms with van der Waals surface area (Å²) in [5.74, 6) is -0.857. The number of hydrogen-bond acceptors (Lipinski definition) is 5. The van der Waals surface area contributed by atoms with E-state index in [1.165, 1.54) is 25.6 Å². The van der Waals surface area contributed by atoms with Gasteiger partial charge in [0, 0.05) is 25.4 Å². The molecule has 0 bridgehead atoms. The van der Waals surface area contributed by atoms with Crippen molar-refractivity contribution >= 4 is 16.0 Å². The van der Waals surface area contributed by atoms with Crippen LogP contribution in [0, 0.1) is 0 Å². The van der Waals surface area contributed by atoms with E-state index in [-0.39, 0.29) is 18.6 Å². The summed E-state index contributed by atoms with van der Waals surface area (Å²) in [6.07, 6.45) is -0.0803. The third-order valence-electron chi connectivity index (χ3n) is 2.69. The molecule has 0 spiro atoms. The van der Waals surface area contributed by atoms with Crippen molar-refractivity contribution in [3.05, 3.63) is 18.5 Å². The number of nitrogens with one attached hydrogen (secondary N) is 1. The average Bonchev–Trinajstić information content (AvgIpc) is 2.91. The van der Waals surface area contributed by atoms with Crippen molar-refractivity contribution in [3.8, 4) is 0 Å². The van der Waals surface area contributed by atoms with Gasteiger partial charge < -0.3 is 4.74 Å². The molecule has 0 radical (unpaired) electrons. The SMILES string of the molecule is COC(=O)CCCS(=O)(=O)NCC(C(F)F)n1cccn1. The van der Waals surface area contributed by atoms with Gasteiger partial charge in [-0.05, 0) is 12.5 Å². The van der Waals surface area contributed by atoms with Crippen molar-refractivity contribution in [2.24, 2.45) is 0 Å². The number of ether oxygens (including phenoxy) is 1. The topological polar surface area (TPSA) is 90.3 Å². The van der Waals surface area contributed by atoms with Crippen molar-refractivity contribution in [3.63, 3.8) is 0 Å². The lowest BCUT2D eigenvalue weighted by molar-refractivity contribution is -0.140. The van der Waals surface area contributed by atoms with Gasteiger partial charge in [-0.15, -0.1) is 0 Å². The summed E-state index contributed by atoms with van der Waals surface area (Å²) in [6, 6.07) is 0.0932. The molecule has 0 aliphatic rings. The van der Waals surface area contributed by atoms with Gasteiger partial charge in [-0.25, -0.2) is 21.9 Å². The van der Waals surface area contributed by atoms with Crippen LogP contribution in [-0.2, 0) is 19.6 Å². The number of sulfonamides is 1. The maximum Gasteiger partial charge on any atom is 0.305 e. The fourth-order valence-corrected chi connectivity index (χ4v) is 2.66. The number of methoxy groups -OCH3 is 1. The van der Waals surface area contributed by atoms with E-state index < -0.39 is 35.0 Å². The molecule has 0 saturated heterocycles. The Morgan fingerprint density at radius 3 is 2.71 bits per heavy atom. The molecule has 10 heteroatoms. The number of halogens is 2. The molecule has 1 heterocycles. The van der Waals surface area contributed by atoms with Crippen LogP contribution in [0.5, 0.6) is 0 Å². The van der Waals surface area contributed by atoms with Gasteiger partial charge in [-0.1, -0.05) is 0 Å². The highest BCUT2D eigenvalue weighted by atomic mass is 32.2. The lowest BCUT2D eigenvalue weighted by Gasteiger charge is -2.17. The third kappa shape index (κ3) is 6.17. The second-order valence-corrected chi connectivity index (χ2v) is 6.16. The standard InChI is InChI=1S/C11H17F2N3O4S/c1-20-10(17)4-2-7-21(18,19)15-8-9(11(12)13)16-6-3-5-14-16/h3,5-6,9,11,15H,2,4,7-8H2,1H3. The molecule has 0 fully saturated rings. The van der Waals surface area contributed by atoms with E-state index >= 15 is 0 Å². The van der Waals surface area contributed by atoms with Crippen LogP contribution < -0.4 is 4.72 Å². The van der Waals surface area contributed by atoms with Gasteiger partial charge in [-0.2, -0.15) is 5.10 Å². The Labute approximate surface area is 121 Å². The molecule has 1 unspecified atom stereocenters. The van der Waals surface area contributed by atoms with Crippen molar-refractivity contribution in [2.75, 3.05) is 19.4 Å². The van der Waals surface area contributed by atoms with Crippen molar-refractivity contribution in [1.29, 1.82) is 0 Å². The number of hydrogen-bond donors (Lipinski definition) is 1. The molecule has 1 atom stereocenters. The molecule has 0 aliphatic heterocycles. The van der Waals surface area contributed by atoms with Crippen LogP contribution in [0.3, 0.4) is 0 Å². The molecule has 1 aromatic rings. The summed E-state index contributed by atoms with van der Waals surface area (Å²) in [4.78, 5) is 10.9. The van der Waals surface area contributed by atoms with Crippen LogP contribution in [0.4, 0.5) is 8.78 Å². The summed E-state index contributed by atoms with van der Waals surface area (Å²) in [5, 5.41) is 3.68. The zero-order valence-corrected chi connectivity index (χ0v) is 12.2. The normalized spacial score (nSPS) is 13.3. The minimum Gasteiger partial charge on any atom is -0.469 e. The van der Waals surface area contributed by atoms with Crippen LogP contribution >= 0.6 is 0 Å². The van der Waals surface area contributed by atoms with Gasteiger partial charge in [0.05, 0.1) is 12.9 Å². The minimum absolute atomic E-state index is 0.0468. The number of nitrogens with zero attached hydrogens (tertiary/aromatic N) is 2. The summed E-state index contributed by atoms with van der Waals surface area (Å²) >= 11 is 0. The number of esters is 1. The number of rotatable bonds is 9. The van der Waals surface area contributed by atoms with Gasteiger partial charge in [-0.3, -0.25) is 9.48 Å². The van der Waals surface area contributed by atoms with Crippen molar-refractivity contribution < 1.29 is 26.7 Å². The second kappa shape index (κ2) is 8.03. The monoisotopic (exact) mass is 325 g/mol. The molecule has 0 saturated carbocycles. The van der Waals surface area contributed by atoms with E-state index in [1.54, 1.807) is 0 Å². The van der Waals surface area contributed by atoms with E-state index in [1.807, 2.05) is 0 Å². The molecule has 120 valence electrons. The zero-order chi connectivity index (χ0) is 15.9. The molecule has 0 amide bonds. The zero-order valence-electron chi connectivity index (χ0n) is 11.4. The maximum absolute atomic E-state index is 12.9. The molecule has 1 N–H and O–H groups in total. The fourth-order valence-electron chi connectivity index (χ4n) is 1.57. The number of alkyl halides is 2. The van der Waals surface area contributed by atoms with Gasteiger partial charge in [0.15, 0.2) is 0 Å². The highest BCUT2D eigenvalue weighted by molar-refractivity contribution is 7.89. The fraction of sp³-hybridized carbons (Fsp3) is 0.636.